The number of carbonyl (C=O) groups excluding carboxylic acids is 1. The van der Waals surface area contributed by atoms with Crippen molar-refractivity contribution in [3.05, 3.63) is 81.9 Å². The highest BCUT2D eigenvalue weighted by molar-refractivity contribution is 7.91. The van der Waals surface area contributed by atoms with Gasteiger partial charge in [-0.3, -0.25) is 4.79 Å². The van der Waals surface area contributed by atoms with E-state index in [1.54, 1.807) is 11.5 Å². The summed E-state index contributed by atoms with van der Waals surface area (Å²) in [6.45, 7) is 8.99. The van der Waals surface area contributed by atoms with Gasteiger partial charge in [-0.1, -0.05) is 57.1 Å². The molecule has 0 bridgehead atoms. The summed E-state index contributed by atoms with van der Waals surface area (Å²) in [6.07, 6.45) is -4.70. The molecule has 0 aliphatic heterocycles. The van der Waals surface area contributed by atoms with Gasteiger partial charge in [0.2, 0.25) is 0 Å². The first-order valence-corrected chi connectivity index (χ1v) is 15.9. The third-order valence-corrected chi connectivity index (χ3v) is 8.91. The smallest absolute Gasteiger partial charge is 0.394 e. The Morgan fingerprint density at radius 3 is 2.29 bits per heavy atom. The van der Waals surface area contributed by atoms with Crippen LogP contribution >= 0.6 is 0 Å². The SMILES string of the molecule is CCS(=O)(=O)c1ccc([C@H](CO)NC(=O)c2nc(C(C)(C)C)n(Cc3ccc(/C(C)=N\OCCO)cc3C(F)(F)F)c2C)cc1. The number of aliphatic hydroxyl groups excluding tert-OH is 2. The van der Waals surface area contributed by atoms with Gasteiger partial charge in [-0.05, 0) is 48.7 Å². The average Bonchev–Trinajstić information content (AvgIpc) is 3.31. The molecular formula is C31H39F3N4O6S. The Bertz CT molecular complexity index is 1640. The molecule has 1 heterocycles. The molecule has 0 radical (unpaired) electrons. The molecule has 45 heavy (non-hydrogen) atoms. The number of nitrogens with one attached hydrogen (secondary N) is 1. The molecule has 0 saturated carbocycles. The van der Waals surface area contributed by atoms with Crippen molar-refractivity contribution < 1.29 is 41.4 Å². The van der Waals surface area contributed by atoms with E-state index >= 15 is 0 Å². The first-order chi connectivity index (χ1) is 20.9. The Balaban J connectivity index is 2.00. The van der Waals surface area contributed by atoms with Gasteiger partial charge in [-0.25, -0.2) is 13.4 Å². The lowest BCUT2D eigenvalue weighted by Gasteiger charge is -2.22. The lowest BCUT2D eigenvalue weighted by Crippen LogP contribution is -2.31. The van der Waals surface area contributed by atoms with E-state index in [1.807, 2.05) is 20.8 Å². The van der Waals surface area contributed by atoms with E-state index in [0.717, 1.165) is 6.07 Å². The number of aliphatic hydroxyl groups is 2. The maximum absolute atomic E-state index is 14.3. The molecule has 3 N–H and O–H groups in total. The highest BCUT2D eigenvalue weighted by Crippen LogP contribution is 2.35. The molecule has 14 heteroatoms. The summed E-state index contributed by atoms with van der Waals surface area (Å²) in [4.78, 5) is 23.0. The number of sulfone groups is 1. The molecule has 246 valence electrons. The Labute approximate surface area is 260 Å². The van der Waals surface area contributed by atoms with Gasteiger partial charge < -0.3 is 24.9 Å². The van der Waals surface area contributed by atoms with Gasteiger partial charge in [0.05, 0.1) is 41.2 Å². The summed E-state index contributed by atoms with van der Waals surface area (Å²) in [5.41, 5.74) is -0.431. The summed E-state index contributed by atoms with van der Waals surface area (Å²) in [5, 5.41) is 25.4. The number of hydrogen-bond acceptors (Lipinski definition) is 8. The zero-order chi connectivity index (χ0) is 33.7. The second kappa shape index (κ2) is 14.1. The summed E-state index contributed by atoms with van der Waals surface area (Å²) in [7, 11) is -3.44. The largest absolute Gasteiger partial charge is 0.416 e. The molecule has 1 atom stereocenters. The Morgan fingerprint density at radius 2 is 1.76 bits per heavy atom. The minimum absolute atomic E-state index is 0.0160. The molecule has 0 aliphatic rings. The van der Waals surface area contributed by atoms with Crippen LogP contribution in [0.15, 0.2) is 52.5 Å². The second-order valence-corrected chi connectivity index (χ2v) is 13.8. The minimum Gasteiger partial charge on any atom is -0.394 e. The molecular weight excluding hydrogens is 613 g/mol. The lowest BCUT2D eigenvalue weighted by molar-refractivity contribution is -0.138. The van der Waals surface area contributed by atoms with Gasteiger partial charge >= 0.3 is 6.18 Å². The molecule has 0 saturated heterocycles. The predicted octanol–water partition coefficient (Wildman–Crippen LogP) is 4.55. The molecule has 0 unspecified atom stereocenters. The van der Waals surface area contributed by atoms with Crippen LogP contribution in [0.1, 0.15) is 84.9 Å². The van der Waals surface area contributed by atoms with Crippen LogP contribution in [0.4, 0.5) is 13.2 Å². The number of alkyl halides is 3. The standard InChI is InChI=1S/C31H39F3N4O6S/c1-7-45(42,43)24-12-10-21(11-13-24)26(18-40)35-28(41)27-20(3)38(29(36-27)30(4,5)6)17-23-9-8-22(16-25(23)31(32,33)34)19(2)37-44-15-14-39/h8-13,16,26,39-40H,7,14-15,17-18H2,1-6H3,(H,35,41)/b37-19-/t26-/m0/s1. The predicted molar refractivity (Wildman–Crippen MR) is 163 cm³/mol. The lowest BCUT2D eigenvalue weighted by atomic mass is 9.95. The van der Waals surface area contributed by atoms with Gasteiger partial charge in [0.1, 0.15) is 18.1 Å². The molecule has 3 aromatic rings. The fraction of sp³-hybridized carbons (Fsp3) is 0.452. The van der Waals surface area contributed by atoms with Crippen LogP contribution in [0.3, 0.4) is 0 Å². The highest BCUT2D eigenvalue weighted by Gasteiger charge is 2.35. The molecule has 1 amide bonds. The number of rotatable bonds is 12. The van der Waals surface area contributed by atoms with Crippen LogP contribution in [-0.4, -0.2) is 65.4 Å². The number of imidazole rings is 1. The first-order valence-electron chi connectivity index (χ1n) is 14.2. The van der Waals surface area contributed by atoms with Crippen LogP contribution < -0.4 is 5.32 Å². The number of aromatic nitrogens is 2. The normalized spacial score (nSPS) is 13.5. The van der Waals surface area contributed by atoms with Crippen molar-refractivity contribution in [3.63, 3.8) is 0 Å². The zero-order valence-electron chi connectivity index (χ0n) is 26.1. The monoisotopic (exact) mass is 652 g/mol. The van der Waals surface area contributed by atoms with Crippen molar-refractivity contribution in [1.29, 1.82) is 0 Å². The number of carbonyl (C=O) groups is 1. The van der Waals surface area contributed by atoms with Crippen molar-refractivity contribution in [2.75, 3.05) is 25.6 Å². The van der Waals surface area contributed by atoms with Crippen LogP contribution in [0.2, 0.25) is 0 Å². The fourth-order valence-electron chi connectivity index (χ4n) is 4.66. The number of amides is 1. The highest BCUT2D eigenvalue weighted by atomic mass is 32.2. The van der Waals surface area contributed by atoms with E-state index in [9.17, 15) is 31.5 Å². The van der Waals surface area contributed by atoms with Gasteiger partial charge in [0, 0.05) is 17.7 Å². The maximum atomic E-state index is 14.3. The van der Waals surface area contributed by atoms with Crippen molar-refractivity contribution in [3.8, 4) is 0 Å². The van der Waals surface area contributed by atoms with Gasteiger partial charge in [0.15, 0.2) is 9.84 Å². The molecule has 0 fully saturated rings. The molecule has 3 rings (SSSR count). The van der Waals surface area contributed by atoms with Crippen LogP contribution in [0.25, 0.3) is 0 Å². The number of halogens is 3. The third kappa shape index (κ3) is 8.50. The maximum Gasteiger partial charge on any atom is 0.416 e. The molecule has 10 nitrogen and oxygen atoms in total. The molecule has 0 spiro atoms. The van der Waals surface area contributed by atoms with Crippen molar-refractivity contribution in [2.24, 2.45) is 5.16 Å². The van der Waals surface area contributed by atoms with Crippen LogP contribution in [0.5, 0.6) is 0 Å². The summed E-state index contributed by atoms with van der Waals surface area (Å²) in [6, 6.07) is 8.74. The van der Waals surface area contributed by atoms with E-state index in [2.05, 4.69) is 15.5 Å². The first kappa shape index (κ1) is 35.7. The number of hydrogen-bond donors (Lipinski definition) is 3. The summed E-state index contributed by atoms with van der Waals surface area (Å²) < 4.78 is 68.7. The minimum atomic E-state index is -4.70. The van der Waals surface area contributed by atoms with E-state index in [0.29, 0.717) is 17.1 Å². The van der Waals surface area contributed by atoms with E-state index in [1.165, 1.54) is 50.2 Å². The van der Waals surface area contributed by atoms with E-state index in [-0.39, 0.29) is 52.9 Å². The van der Waals surface area contributed by atoms with E-state index in [4.69, 9.17) is 9.94 Å². The van der Waals surface area contributed by atoms with E-state index < -0.39 is 45.5 Å². The fourth-order valence-corrected chi connectivity index (χ4v) is 5.54. The van der Waals surface area contributed by atoms with Gasteiger partial charge in [-0.15, -0.1) is 0 Å². The summed E-state index contributed by atoms with van der Waals surface area (Å²) >= 11 is 0. The van der Waals surface area contributed by atoms with Crippen molar-refractivity contribution in [2.45, 2.75) is 70.6 Å². The summed E-state index contributed by atoms with van der Waals surface area (Å²) in [5.74, 6) is -0.345. The van der Waals surface area contributed by atoms with Crippen LogP contribution in [0, 0.1) is 6.92 Å². The van der Waals surface area contributed by atoms with Crippen molar-refractivity contribution >= 4 is 21.5 Å². The Kier molecular flexibility index (Phi) is 11.2. The Hall–Kier alpha value is -3.75. The number of nitrogens with zero attached hydrogens (tertiary/aromatic N) is 3. The Morgan fingerprint density at radius 1 is 1.11 bits per heavy atom. The van der Waals surface area contributed by atoms with Crippen molar-refractivity contribution in [1.82, 2.24) is 14.9 Å². The topological polar surface area (TPSA) is 143 Å². The molecule has 2 aromatic carbocycles. The van der Waals surface area contributed by atoms with Gasteiger partial charge in [0.25, 0.3) is 5.91 Å². The zero-order valence-corrected chi connectivity index (χ0v) is 26.9. The number of benzene rings is 2. The second-order valence-electron chi connectivity index (χ2n) is 11.5. The van der Waals surface area contributed by atoms with Gasteiger partial charge in [-0.2, -0.15) is 13.2 Å². The quantitative estimate of drug-likeness (QED) is 0.148. The average molecular weight is 653 g/mol. The van der Waals surface area contributed by atoms with Crippen LogP contribution in [-0.2, 0) is 32.8 Å². The third-order valence-electron chi connectivity index (χ3n) is 7.16. The number of oxime groups is 1. The molecule has 0 aliphatic carbocycles. The molecule has 1 aromatic heterocycles.